The first kappa shape index (κ1) is 23.5. The molecular formula is C28H28N2O3S. The molecule has 3 aromatic carbocycles. The third-order valence-electron chi connectivity index (χ3n) is 6.28. The van der Waals surface area contributed by atoms with Gasteiger partial charge in [-0.2, -0.15) is 0 Å². The third-order valence-corrected chi connectivity index (χ3v) is 6.57. The van der Waals surface area contributed by atoms with Crippen LogP contribution in [-0.2, 0) is 5.41 Å². The van der Waals surface area contributed by atoms with Gasteiger partial charge < -0.3 is 19.8 Å². The predicted octanol–water partition coefficient (Wildman–Crippen LogP) is 6.30. The normalized spacial score (nSPS) is 16.2. The average molecular weight is 473 g/mol. The number of phenols is 2. The smallest absolute Gasteiger partial charge is 0.200 e. The van der Waals surface area contributed by atoms with Gasteiger partial charge in [0.25, 0.3) is 0 Å². The highest BCUT2D eigenvalue weighted by molar-refractivity contribution is 7.80. The summed E-state index contributed by atoms with van der Waals surface area (Å²) in [5, 5.41) is 21.0. The SMILES string of the molecule is C=CC(C)(C)c1cc(C2CC(c3ccc(O)cc3)=NC(=S)N2c2ccccc2)c(OC)cc1O. The molecule has 1 aliphatic rings. The van der Waals surface area contributed by atoms with Crippen LogP contribution >= 0.6 is 12.2 Å². The Bertz CT molecular complexity index is 1250. The first-order valence-corrected chi connectivity index (χ1v) is 11.5. The minimum atomic E-state index is -0.453. The predicted molar refractivity (Wildman–Crippen MR) is 141 cm³/mol. The Balaban J connectivity index is 1.91. The maximum atomic E-state index is 10.8. The Kier molecular flexibility index (Phi) is 6.44. The molecule has 1 aliphatic heterocycles. The number of aliphatic imine (C=N–C) groups is 1. The Morgan fingerprint density at radius 1 is 1.09 bits per heavy atom. The standard InChI is InChI=1S/C28H28N2O3S/c1-5-28(2,3)22-15-21(26(33-4)17-25(22)32)24-16-23(18-11-13-20(31)14-12-18)29-27(34)30(24)19-9-7-6-8-10-19/h5-15,17,24,31-32H,1,16H2,2-4H3. The van der Waals surface area contributed by atoms with Crippen LogP contribution in [0.15, 0.2) is 84.4 Å². The lowest BCUT2D eigenvalue weighted by Crippen LogP contribution is -2.39. The molecule has 2 N–H and O–H groups in total. The molecule has 0 saturated carbocycles. The van der Waals surface area contributed by atoms with Crippen molar-refractivity contribution in [2.75, 3.05) is 12.0 Å². The molecule has 1 atom stereocenters. The Labute approximate surface area is 205 Å². The lowest BCUT2D eigenvalue weighted by atomic mass is 9.81. The zero-order chi connectivity index (χ0) is 24.5. The van der Waals surface area contributed by atoms with Gasteiger partial charge in [0.05, 0.1) is 18.9 Å². The van der Waals surface area contributed by atoms with E-state index >= 15 is 0 Å². The van der Waals surface area contributed by atoms with Gasteiger partial charge in [-0.3, -0.25) is 0 Å². The van der Waals surface area contributed by atoms with Crippen molar-refractivity contribution in [3.05, 3.63) is 96.1 Å². The van der Waals surface area contributed by atoms with Gasteiger partial charge in [0.1, 0.15) is 17.2 Å². The number of methoxy groups -OCH3 is 1. The van der Waals surface area contributed by atoms with E-state index in [2.05, 4.69) is 6.58 Å². The maximum Gasteiger partial charge on any atom is 0.200 e. The number of hydrogen-bond acceptors (Lipinski definition) is 4. The van der Waals surface area contributed by atoms with E-state index in [4.69, 9.17) is 21.9 Å². The molecule has 174 valence electrons. The van der Waals surface area contributed by atoms with Crippen molar-refractivity contribution >= 4 is 28.7 Å². The molecule has 1 unspecified atom stereocenters. The Morgan fingerprint density at radius 2 is 1.76 bits per heavy atom. The van der Waals surface area contributed by atoms with Crippen molar-refractivity contribution < 1.29 is 14.9 Å². The summed E-state index contributed by atoms with van der Waals surface area (Å²) in [6, 6.07) is 20.3. The zero-order valence-corrected chi connectivity index (χ0v) is 20.3. The second kappa shape index (κ2) is 9.31. The van der Waals surface area contributed by atoms with E-state index in [0.717, 1.165) is 28.1 Å². The molecule has 0 radical (unpaired) electrons. The van der Waals surface area contributed by atoms with Crippen molar-refractivity contribution in [2.45, 2.75) is 31.7 Å². The minimum Gasteiger partial charge on any atom is -0.508 e. The van der Waals surface area contributed by atoms with Crippen molar-refractivity contribution in [2.24, 2.45) is 4.99 Å². The van der Waals surface area contributed by atoms with Crippen LogP contribution in [-0.4, -0.2) is 28.1 Å². The van der Waals surface area contributed by atoms with Gasteiger partial charge in [0, 0.05) is 34.7 Å². The zero-order valence-electron chi connectivity index (χ0n) is 19.5. The number of nitrogens with zero attached hydrogens (tertiary/aromatic N) is 2. The number of rotatable bonds is 6. The van der Waals surface area contributed by atoms with E-state index in [1.807, 2.05) is 73.4 Å². The number of hydrogen-bond donors (Lipinski definition) is 2. The van der Waals surface area contributed by atoms with Gasteiger partial charge in [-0.25, -0.2) is 4.99 Å². The van der Waals surface area contributed by atoms with Crippen molar-refractivity contribution in [1.82, 2.24) is 0 Å². The van der Waals surface area contributed by atoms with Crippen LogP contribution in [0.4, 0.5) is 5.69 Å². The average Bonchev–Trinajstić information content (AvgIpc) is 2.84. The molecule has 3 aromatic rings. The van der Waals surface area contributed by atoms with E-state index in [1.165, 1.54) is 0 Å². The summed E-state index contributed by atoms with van der Waals surface area (Å²) >= 11 is 5.81. The minimum absolute atomic E-state index is 0.155. The fourth-order valence-electron chi connectivity index (χ4n) is 4.24. The van der Waals surface area contributed by atoms with Crippen molar-refractivity contribution in [3.63, 3.8) is 0 Å². The highest BCUT2D eigenvalue weighted by Crippen LogP contribution is 2.44. The fraction of sp³-hybridized carbons (Fsp3) is 0.214. The van der Waals surface area contributed by atoms with Gasteiger partial charge in [0.2, 0.25) is 5.11 Å². The summed E-state index contributed by atoms with van der Waals surface area (Å²) in [5.41, 5.74) is 3.83. The summed E-state index contributed by atoms with van der Waals surface area (Å²) < 4.78 is 5.73. The molecule has 0 saturated heterocycles. The largest absolute Gasteiger partial charge is 0.508 e. The van der Waals surface area contributed by atoms with E-state index in [9.17, 15) is 10.2 Å². The quantitative estimate of drug-likeness (QED) is 0.326. The third kappa shape index (κ3) is 4.41. The Morgan fingerprint density at radius 3 is 2.38 bits per heavy atom. The number of allylic oxidation sites excluding steroid dienone is 1. The molecule has 0 aromatic heterocycles. The number of para-hydroxylation sites is 1. The van der Waals surface area contributed by atoms with Crippen molar-refractivity contribution in [3.8, 4) is 17.2 Å². The first-order chi connectivity index (χ1) is 16.2. The summed E-state index contributed by atoms with van der Waals surface area (Å²) in [6.07, 6.45) is 2.37. The summed E-state index contributed by atoms with van der Waals surface area (Å²) in [4.78, 5) is 6.79. The first-order valence-electron chi connectivity index (χ1n) is 11.1. The lowest BCUT2D eigenvalue weighted by Gasteiger charge is -2.38. The van der Waals surface area contributed by atoms with E-state index < -0.39 is 5.41 Å². The number of benzene rings is 3. The summed E-state index contributed by atoms with van der Waals surface area (Å²) in [6.45, 7) is 7.97. The molecule has 0 aliphatic carbocycles. The van der Waals surface area contributed by atoms with E-state index in [0.29, 0.717) is 17.3 Å². The molecule has 6 heteroatoms. The summed E-state index contributed by atoms with van der Waals surface area (Å²) in [7, 11) is 1.60. The van der Waals surface area contributed by atoms with Gasteiger partial charge >= 0.3 is 0 Å². The van der Waals surface area contributed by atoms with Gasteiger partial charge in [0.15, 0.2) is 0 Å². The van der Waals surface area contributed by atoms with Crippen LogP contribution in [0.5, 0.6) is 17.2 Å². The number of anilines is 1. The topological polar surface area (TPSA) is 65.3 Å². The molecular weight excluding hydrogens is 444 g/mol. The number of aromatic hydroxyl groups is 2. The van der Waals surface area contributed by atoms with Crippen LogP contribution in [0.1, 0.15) is 43.0 Å². The number of thiocarbonyl (C=S) groups is 1. The fourth-order valence-corrected chi connectivity index (χ4v) is 4.58. The lowest BCUT2D eigenvalue weighted by molar-refractivity contribution is 0.395. The van der Waals surface area contributed by atoms with Crippen molar-refractivity contribution in [1.29, 1.82) is 0 Å². The van der Waals surface area contributed by atoms with E-state index in [-0.39, 0.29) is 17.5 Å². The molecule has 34 heavy (non-hydrogen) atoms. The van der Waals surface area contributed by atoms with Gasteiger partial charge in [-0.05, 0) is 60.2 Å². The van der Waals surface area contributed by atoms with Crippen LogP contribution in [0.2, 0.25) is 0 Å². The molecule has 0 bridgehead atoms. The highest BCUT2D eigenvalue weighted by Gasteiger charge is 2.34. The van der Waals surface area contributed by atoms with Crippen LogP contribution in [0.25, 0.3) is 0 Å². The monoisotopic (exact) mass is 472 g/mol. The van der Waals surface area contributed by atoms with Gasteiger partial charge in [-0.15, -0.1) is 6.58 Å². The molecule has 1 heterocycles. The second-order valence-electron chi connectivity index (χ2n) is 8.85. The Hall–Kier alpha value is -3.64. The van der Waals surface area contributed by atoms with E-state index in [1.54, 1.807) is 25.3 Å². The maximum absolute atomic E-state index is 10.8. The summed E-state index contributed by atoms with van der Waals surface area (Å²) in [5.74, 6) is 0.922. The number of ether oxygens (including phenoxy) is 1. The molecule has 0 spiro atoms. The van der Waals surface area contributed by atoms with Crippen LogP contribution in [0, 0.1) is 0 Å². The molecule has 4 rings (SSSR count). The second-order valence-corrected chi connectivity index (χ2v) is 9.22. The highest BCUT2D eigenvalue weighted by atomic mass is 32.1. The molecule has 0 fully saturated rings. The molecule has 5 nitrogen and oxygen atoms in total. The van der Waals surface area contributed by atoms with Crippen LogP contribution < -0.4 is 9.64 Å². The number of phenolic OH excluding ortho intramolecular Hbond substituents is 2. The van der Waals surface area contributed by atoms with Gasteiger partial charge in [-0.1, -0.05) is 38.1 Å². The van der Waals surface area contributed by atoms with Crippen LogP contribution in [0.3, 0.4) is 0 Å². The molecule has 0 amide bonds.